The van der Waals surface area contributed by atoms with Crippen molar-refractivity contribution in [1.82, 2.24) is 19.9 Å². The summed E-state index contributed by atoms with van der Waals surface area (Å²) < 4.78 is 0. The SMILES string of the molecule is CC(C)(C)c1cncc(CC(C)(C)c2ncccn2)n1. The second-order valence-corrected chi connectivity index (χ2v) is 6.78. The molecule has 0 amide bonds. The van der Waals surface area contributed by atoms with Crippen molar-refractivity contribution in [3.8, 4) is 0 Å². The van der Waals surface area contributed by atoms with Gasteiger partial charge in [0.25, 0.3) is 0 Å². The molecular weight excluding hydrogens is 248 g/mol. The fourth-order valence-electron chi connectivity index (χ4n) is 2.03. The van der Waals surface area contributed by atoms with E-state index in [1.165, 1.54) is 0 Å². The van der Waals surface area contributed by atoms with Crippen LogP contribution in [0.15, 0.2) is 30.9 Å². The molecule has 0 aromatic carbocycles. The molecule has 2 rings (SSSR count). The van der Waals surface area contributed by atoms with Gasteiger partial charge in [0, 0.05) is 42.0 Å². The Labute approximate surface area is 120 Å². The Kier molecular flexibility index (Phi) is 3.84. The molecule has 2 heterocycles. The number of aromatic nitrogens is 4. The lowest BCUT2D eigenvalue weighted by Gasteiger charge is -2.23. The summed E-state index contributed by atoms with van der Waals surface area (Å²) in [5.41, 5.74) is 1.85. The molecule has 0 unspecified atom stereocenters. The highest BCUT2D eigenvalue weighted by Crippen LogP contribution is 2.25. The summed E-state index contributed by atoms with van der Waals surface area (Å²) in [5.74, 6) is 0.836. The van der Waals surface area contributed by atoms with Crippen molar-refractivity contribution in [1.29, 1.82) is 0 Å². The van der Waals surface area contributed by atoms with Gasteiger partial charge in [-0.1, -0.05) is 34.6 Å². The fraction of sp³-hybridized carbons (Fsp3) is 0.500. The Bertz CT molecular complexity index is 571. The molecule has 106 valence electrons. The van der Waals surface area contributed by atoms with E-state index in [1.807, 2.05) is 18.5 Å². The molecule has 0 N–H and O–H groups in total. The molecule has 0 saturated carbocycles. The number of hydrogen-bond donors (Lipinski definition) is 0. The average Bonchev–Trinajstić information content (AvgIpc) is 2.38. The minimum Gasteiger partial charge on any atom is -0.261 e. The zero-order valence-corrected chi connectivity index (χ0v) is 12.9. The van der Waals surface area contributed by atoms with Crippen LogP contribution in [0.25, 0.3) is 0 Å². The van der Waals surface area contributed by atoms with E-state index in [4.69, 9.17) is 4.98 Å². The van der Waals surface area contributed by atoms with E-state index in [1.54, 1.807) is 12.4 Å². The Morgan fingerprint density at radius 3 is 2.20 bits per heavy atom. The average molecular weight is 270 g/mol. The van der Waals surface area contributed by atoms with Crippen LogP contribution in [0, 0.1) is 0 Å². The summed E-state index contributed by atoms with van der Waals surface area (Å²) >= 11 is 0. The normalized spacial score (nSPS) is 12.4. The van der Waals surface area contributed by atoms with Crippen LogP contribution in [-0.4, -0.2) is 19.9 Å². The van der Waals surface area contributed by atoms with Crippen molar-refractivity contribution >= 4 is 0 Å². The van der Waals surface area contributed by atoms with Gasteiger partial charge < -0.3 is 0 Å². The molecule has 0 aliphatic rings. The molecule has 4 nitrogen and oxygen atoms in total. The topological polar surface area (TPSA) is 51.6 Å². The van der Waals surface area contributed by atoms with Crippen molar-refractivity contribution in [3.05, 3.63) is 48.1 Å². The van der Waals surface area contributed by atoms with E-state index < -0.39 is 0 Å². The van der Waals surface area contributed by atoms with E-state index in [0.717, 1.165) is 23.6 Å². The summed E-state index contributed by atoms with van der Waals surface area (Å²) in [6.45, 7) is 10.7. The van der Waals surface area contributed by atoms with E-state index in [2.05, 4.69) is 49.6 Å². The van der Waals surface area contributed by atoms with Gasteiger partial charge in [-0.15, -0.1) is 0 Å². The van der Waals surface area contributed by atoms with Gasteiger partial charge in [-0.2, -0.15) is 0 Å². The molecule has 0 atom stereocenters. The van der Waals surface area contributed by atoms with Gasteiger partial charge in [-0.05, 0) is 6.07 Å². The van der Waals surface area contributed by atoms with Gasteiger partial charge in [0.15, 0.2) is 0 Å². The van der Waals surface area contributed by atoms with Crippen LogP contribution >= 0.6 is 0 Å². The van der Waals surface area contributed by atoms with E-state index in [-0.39, 0.29) is 10.8 Å². The van der Waals surface area contributed by atoms with Crippen LogP contribution in [0.4, 0.5) is 0 Å². The van der Waals surface area contributed by atoms with E-state index in [9.17, 15) is 0 Å². The highest BCUT2D eigenvalue weighted by Gasteiger charge is 2.26. The van der Waals surface area contributed by atoms with Crippen LogP contribution < -0.4 is 0 Å². The van der Waals surface area contributed by atoms with Crippen molar-refractivity contribution < 1.29 is 0 Å². The second-order valence-electron chi connectivity index (χ2n) is 6.78. The van der Waals surface area contributed by atoms with Crippen LogP contribution in [-0.2, 0) is 17.3 Å². The first-order valence-corrected chi connectivity index (χ1v) is 6.88. The minimum absolute atomic E-state index is 0.0103. The number of rotatable bonds is 3. The van der Waals surface area contributed by atoms with Gasteiger partial charge >= 0.3 is 0 Å². The van der Waals surface area contributed by atoms with Crippen LogP contribution in [0.1, 0.15) is 51.8 Å². The Morgan fingerprint density at radius 1 is 0.950 bits per heavy atom. The third kappa shape index (κ3) is 3.38. The third-order valence-electron chi connectivity index (χ3n) is 3.25. The molecule has 0 aliphatic heterocycles. The minimum atomic E-state index is -0.160. The number of hydrogen-bond acceptors (Lipinski definition) is 4. The first-order valence-electron chi connectivity index (χ1n) is 6.88. The van der Waals surface area contributed by atoms with Gasteiger partial charge in [-0.3, -0.25) is 9.97 Å². The molecule has 4 heteroatoms. The molecule has 0 aliphatic carbocycles. The van der Waals surface area contributed by atoms with Crippen molar-refractivity contribution in [2.24, 2.45) is 0 Å². The smallest absolute Gasteiger partial charge is 0.134 e. The van der Waals surface area contributed by atoms with Gasteiger partial charge in [0.1, 0.15) is 5.82 Å². The lowest BCUT2D eigenvalue weighted by molar-refractivity contribution is 0.474. The molecule has 2 aromatic heterocycles. The summed E-state index contributed by atoms with van der Waals surface area (Å²) in [7, 11) is 0. The Balaban J connectivity index is 2.26. The van der Waals surface area contributed by atoms with Crippen molar-refractivity contribution in [2.75, 3.05) is 0 Å². The molecule has 0 fully saturated rings. The quantitative estimate of drug-likeness (QED) is 0.860. The second kappa shape index (κ2) is 5.27. The zero-order valence-electron chi connectivity index (χ0n) is 12.9. The van der Waals surface area contributed by atoms with E-state index >= 15 is 0 Å². The highest BCUT2D eigenvalue weighted by molar-refractivity contribution is 5.16. The molecular formula is C16H22N4. The van der Waals surface area contributed by atoms with Crippen LogP contribution in [0.2, 0.25) is 0 Å². The number of nitrogens with zero attached hydrogens (tertiary/aromatic N) is 4. The predicted molar refractivity (Wildman–Crippen MR) is 79.5 cm³/mol. The zero-order chi connectivity index (χ0) is 14.8. The van der Waals surface area contributed by atoms with Gasteiger partial charge in [0.2, 0.25) is 0 Å². The first-order chi connectivity index (χ1) is 9.29. The monoisotopic (exact) mass is 270 g/mol. The largest absolute Gasteiger partial charge is 0.261 e. The Morgan fingerprint density at radius 2 is 1.60 bits per heavy atom. The summed E-state index contributed by atoms with van der Waals surface area (Å²) in [4.78, 5) is 17.8. The molecule has 2 aromatic rings. The van der Waals surface area contributed by atoms with E-state index in [0.29, 0.717) is 0 Å². The molecule has 0 spiro atoms. The molecule has 0 saturated heterocycles. The third-order valence-corrected chi connectivity index (χ3v) is 3.25. The lowest BCUT2D eigenvalue weighted by atomic mass is 9.86. The standard InChI is InChI=1S/C16H22N4/c1-15(2,3)13-11-17-10-12(20-13)9-16(4,5)14-18-7-6-8-19-14/h6-8,10-11H,9H2,1-5H3. The molecule has 0 radical (unpaired) electrons. The van der Waals surface area contributed by atoms with Gasteiger partial charge in [-0.25, -0.2) is 9.97 Å². The maximum absolute atomic E-state index is 4.74. The summed E-state index contributed by atoms with van der Waals surface area (Å²) in [6, 6.07) is 1.83. The summed E-state index contributed by atoms with van der Waals surface area (Å²) in [6.07, 6.45) is 8.01. The fourth-order valence-corrected chi connectivity index (χ4v) is 2.03. The predicted octanol–water partition coefficient (Wildman–Crippen LogP) is 3.08. The highest BCUT2D eigenvalue weighted by atomic mass is 14.9. The lowest BCUT2D eigenvalue weighted by Crippen LogP contribution is -2.25. The van der Waals surface area contributed by atoms with Crippen molar-refractivity contribution in [3.63, 3.8) is 0 Å². The van der Waals surface area contributed by atoms with Crippen LogP contribution in [0.5, 0.6) is 0 Å². The van der Waals surface area contributed by atoms with Crippen molar-refractivity contribution in [2.45, 2.75) is 51.9 Å². The summed E-state index contributed by atoms with van der Waals surface area (Å²) in [5, 5.41) is 0. The maximum atomic E-state index is 4.74. The Hall–Kier alpha value is -1.84. The molecule has 0 bridgehead atoms. The maximum Gasteiger partial charge on any atom is 0.134 e. The van der Waals surface area contributed by atoms with Crippen LogP contribution in [0.3, 0.4) is 0 Å². The molecule has 20 heavy (non-hydrogen) atoms. The first kappa shape index (κ1) is 14.6. The van der Waals surface area contributed by atoms with Gasteiger partial charge in [0.05, 0.1) is 11.4 Å².